The van der Waals surface area contributed by atoms with Crippen LogP contribution in [0.25, 0.3) is 0 Å². The molecule has 0 atom stereocenters. The van der Waals surface area contributed by atoms with E-state index >= 15 is 0 Å². The van der Waals surface area contributed by atoms with Crippen LogP contribution in [0.5, 0.6) is 11.5 Å². The summed E-state index contributed by atoms with van der Waals surface area (Å²) in [7, 11) is 3.37. The van der Waals surface area contributed by atoms with Crippen LogP contribution < -0.4 is 14.8 Å². The van der Waals surface area contributed by atoms with E-state index in [4.69, 9.17) is 9.47 Å². The lowest BCUT2D eigenvalue weighted by molar-refractivity contribution is 0.349. The predicted octanol–water partition coefficient (Wildman–Crippen LogP) is 3.37. The third-order valence-corrected chi connectivity index (χ3v) is 4.04. The van der Waals surface area contributed by atoms with Gasteiger partial charge in [-0.05, 0) is 30.7 Å². The van der Waals surface area contributed by atoms with Gasteiger partial charge in [-0.1, -0.05) is 25.5 Å². The number of hydrogen-bond acceptors (Lipinski definition) is 3. The summed E-state index contributed by atoms with van der Waals surface area (Å²) in [6, 6.07) is 6.03. The molecule has 3 heteroatoms. The SMILES string of the molecule is CCCC1(CNCc2cccc(OC)c2OC)CC1. The molecule has 1 N–H and O–H groups in total. The van der Waals surface area contributed by atoms with Gasteiger partial charge in [0.05, 0.1) is 14.2 Å². The molecule has 0 bridgehead atoms. The highest BCUT2D eigenvalue weighted by Crippen LogP contribution is 2.49. The van der Waals surface area contributed by atoms with Crippen LogP contribution >= 0.6 is 0 Å². The second kappa shape index (κ2) is 6.29. The van der Waals surface area contributed by atoms with E-state index in [0.29, 0.717) is 5.41 Å². The minimum absolute atomic E-state index is 0.584. The fraction of sp³-hybridized carbons (Fsp3) is 0.625. The number of ether oxygens (including phenoxy) is 2. The van der Waals surface area contributed by atoms with Crippen LogP contribution in [0.2, 0.25) is 0 Å². The second-order valence-corrected chi connectivity index (χ2v) is 5.51. The van der Waals surface area contributed by atoms with Gasteiger partial charge in [0.25, 0.3) is 0 Å². The zero-order valence-corrected chi connectivity index (χ0v) is 12.3. The molecule has 0 radical (unpaired) electrons. The highest BCUT2D eigenvalue weighted by molar-refractivity contribution is 5.46. The fourth-order valence-corrected chi connectivity index (χ4v) is 2.78. The maximum atomic E-state index is 5.45. The molecule has 1 fully saturated rings. The smallest absolute Gasteiger partial charge is 0.165 e. The van der Waals surface area contributed by atoms with Crippen LogP contribution in [0.1, 0.15) is 38.2 Å². The standard InChI is InChI=1S/C16H25NO2/c1-4-8-16(9-10-16)12-17-11-13-6-5-7-14(18-2)15(13)19-3/h5-7,17H,4,8-12H2,1-3H3. The summed E-state index contributed by atoms with van der Waals surface area (Å²) in [4.78, 5) is 0. The van der Waals surface area contributed by atoms with E-state index in [9.17, 15) is 0 Å². The minimum Gasteiger partial charge on any atom is -0.493 e. The van der Waals surface area contributed by atoms with Crippen molar-refractivity contribution in [3.8, 4) is 11.5 Å². The lowest BCUT2D eigenvalue weighted by Gasteiger charge is -2.17. The first-order valence-electron chi connectivity index (χ1n) is 7.15. The van der Waals surface area contributed by atoms with Gasteiger partial charge < -0.3 is 14.8 Å². The molecule has 0 saturated heterocycles. The van der Waals surface area contributed by atoms with Crippen molar-refractivity contribution in [2.45, 2.75) is 39.2 Å². The molecule has 0 aliphatic heterocycles. The Morgan fingerprint density at radius 2 is 2.00 bits per heavy atom. The van der Waals surface area contributed by atoms with Crippen molar-refractivity contribution in [3.05, 3.63) is 23.8 Å². The normalized spacial score (nSPS) is 16.2. The molecule has 1 aromatic rings. The van der Waals surface area contributed by atoms with E-state index < -0.39 is 0 Å². The van der Waals surface area contributed by atoms with Gasteiger partial charge in [-0.3, -0.25) is 0 Å². The Kier molecular flexibility index (Phi) is 4.70. The Labute approximate surface area is 116 Å². The van der Waals surface area contributed by atoms with E-state index in [1.165, 1.54) is 25.7 Å². The van der Waals surface area contributed by atoms with Gasteiger partial charge in [0, 0.05) is 18.7 Å². The number of para-hydroxylation sites is 1. The molecule has 1 saturated carbocycles. The zero-order valence-electron chi connectivity index (χ0n) is 12.3. The maximum absolute atomic E-state index is 5.45. The summed E-state index contributed by atoms with van der Waals surface area (Å²) in [6.07, 6.45) is 5.38. The predicted molar refractivity (Wildman–Crippen MR) is 77.8 cm³/mol. The highest BCUT2D eigenvalue weighted by atomic mass is 16.5. The van der Waals surface area contributed by atoms with E-state index in [1.807, 2.05) is 12.1 Å². The van der Waals surface area contributed by atoms with Crippen molar-refractivity contribution in [1.82, 2.24) is 5.32 Å². The first-order chi connectivity index (χ1) is 9.24. The molecular weight excluding hydrogens is 238 g/mol. The summed E-state index contributed by atoms with van der Waals surface area (Å²) in [6.45, 7) is 4.22. The molecule has 0 heterocycles. The summed E-state index contributed by atoms with van der Waals surface area (Å²) < 4.78 is 10.8. The Bertz CT molecular complexity index is 413. The van der Waals surface area contributed by atoms with Gasteiger partial charge in [-0.15, -0.1) is 0 Å². The van der Waals surface area contributed by atoms with Crippen molar-refractivity contribution in [3.63, 3.8) is 0 Å². The van der Waals surface area contributed by atoms with Crippen molar-refractivity contribution in [1.29, 1.82) is 0 Å². The van der Waals surface area contributed by atoms with Crippen molar-refractivity contribution in [2.24, 2.45) is 5.41 Å². The van der Waals surface area contributed by atoms with Crippen LogP contribution in [0, 0.1) is 5.41 Å². The lowest BCUT2D eigenvalue weighted by atomic mass is 10.0. The molecule has 1 aliphatic carbocycles. The average molecular weight is 263 g/mol. The number of methoxy groups -OCH3 is 2. The van der Waals surface area contributed by atoms with E-state index in [2.05, 4.69) is 18.3 Å². The van der Waals surface area contributed by atoms with Crippen LogP contribution in [0.3, 0.4) is 0 Å². The Morgan fingerprint density at radius 3 is 2.58 bits per heavy atom. The molecule has 106 valence electrons. The fourth-order valence-electron chi connectivity index (χ4n) is 2.78. The lowest BCUT2D eigenvalue weighted by Crippen LogP contribution is -2.23. The van der Waals surface area contributed by atoms with Crippen LogP contribution in [-0.4, -0.2) is 20.8 Å². The number of rotatable bonds is 8. The van der Waals surface area contributed by atoms with Crippen LogP contribution in [-0.2, 0) is 6.54 Å². The van der Waals surface area contributed by atoms with Crippen molar-refractivity contribution >= 4 is 0 Å². The summed E-state index contributed by atoms with van der Waals surface area (Å²) in [5.41, 5.74) is 1.75. The Morgan fingerprint density at radius 1 is 1.21 bits per heavy atom. The molecule has 0 spiro atoms. The molecular formula is C16H25NO2. The van der Waals surface area contributed by atoms with Gasteiger partial charge in [0.1, 0.15) is 0 Å². The average Bonchev–Trinajstić information content (AvgIpc) is 3.18. The highest BCUT2D eigenvalue weighted by Gasteiger charge is 2.40. The monoisotopic (exact) mass is 263 g/mol. The zero-order chi connectivity index (χ0) is 13.7. The third-order valence-electron chi connectivity index (χ3n) is 4.04. The Balaban J connectivity index is 1.92. The molecule has 1 aromatic carbocycles. The molecule has 3 nitrogen and oxygen atoms in total. The van der Waals surface area contributed by atoms with Crippen LogP contribution in [0.15, 0.2) is 18.2 Å². The summed E-state index contributed by atoms with van der Waals surface area (Å²) in [5.74, 6) is 1.65. The number of nitrogens with one attached hydrogen (secondary N) is 1. The summed E-state index contributed by atoms with van der Waals surface area (Å²) >= 11 is 0. The molecule has 19 heavy (non-hydrogen) atoms. The Hall–Kier alpha value is -1.22. The van der Waals surface area contributed by atoms with Crippen LogP contribution in [0.4, 0.5) is 0 Å². The van der Waals surface area contributed by atoms with Gasteiger partial charge in [0.2, 0.25) is 0 Å². The van der Waals surface area contributed by atoms with Crippen molar-refractivity contribution < 1.29 is 9.47 Å². The van der Waals surface area contributed by atoms with Gasteiger partial charge in [-0.2, -0.15) is 0 Å². The van der Waals surface area contributed by atoms with E-state index in [-0.39, 0.29) is 0 Å². The molecule has 0 unspecified atom stereocenters. The van der Waals surface area contributed by atoms with Crippen molar-refractivity contribution in [2.75, 3.05) is 20.8 Å². The first kappa shape index (κ1) is 14.2. The summed E-state index contributed by atoms with van der Waals surface area (Å²) in [5, 5.41) is 3.58. The second-order valence-electron chi connectivity index (χ2n) is 5.51. The molecule has 1 aliphatic rings. The van der Waals surface area contributed by atoms with Gasteiger partial charge in [-0.25, -0.2) is 0 Å². The first-order valence-corrected chi connectivity index (χ1v) is 7.15. The molecule has 0 amide bonds. The van der Waals surface area contributed by atoms with E-state index in [1.54, 1.807) is 14.2 Å². The third kappa shape index (κ3) is 3.41. The molecule has 2 rings (SSSR count). The largest absolute Gasteiger partial charge is 0.493 e. The quantitative estimate of drug-likeness (QED) is 0.780. The maximum Gasteiger partial charge on any atom is 0.165 e. The van der Waals surface area contributed by atoms with Gasteiger partial charge >= 0.3 is 0 Å². The van der Waals surface area contributed by atoms with E-state index in [0.717, 1.165) is 30.2 Å². The minimum atomic E-state index is 0.584. The van der Waals surface area contributed by atoms with Gasteiger partial charge in [0.15, 0.2) is 11.5 Å². The topological polar surface area (TPSA) is 30.5 Å². The number of hydrogen-bond donors (Lipinski definition) is 1. The molecule has 0 aromatic heterocycles. The number of benzene rings is 1.